The van der Waals surface area contributed by atoms with Gasteiger partial charge in [0.25, 0.3) is 0 Å². The third-order valence-corrected chi connectivity index (χ3v) is 1.98. The molecule has 1 aromatic rings. The number of aromatic carboxylic acids is 1. The zero-order chi connectivity index (χ0) is 11.3. The van der Waals surface area contributed by atoms with E-state index in [1.54, 1.807) is 12.1 Å². The van der Waals surface area contributed by atoms with Gasteiger partial charge in [-0.15, -0.1) is 0 Å². The van der Waals surface area contributed by atoms with E-state index in [9.17, 15) is 4.79 Å². The molecular weight excluding hydrogens is 214 g/mol. The summed E-state index contributed by atoms with van der Waals surface area (Å²) in [5.41, 5.74) is 0.532. The fraction of sp³-hybridized carbons (Fsp3) is 0.222. The SMILES string of the molecule is N#CCN(S)Cc1cccnc1C(=O)O. The molecule has 0 radical (unpaired) electrons. The van der Waals surface area contributed by atoms with Crippen molar-refractivity contribution < 1.29 is 9.90 Å². The van der Waals surface area contributed by atoms with E-state index >= 15 is 0 Å². The number of thiol groups is 1. The number of nitrogens with zero attached hydrogens (tertiary/aromatic N) is 3. The summed E-state index contributed by atoms with van der Waals surface area (Å²) in [6.45, 7) is 0.392. The summed E-state index contributed by atoms with van der Waals surface area (Å²) in [4.78, 5) is 14.5. The van der Waals surface area contributed by atoms with E-state index < -0.39 is 5.97 Å². The molecule has 0 aliphatic heterocycles. The second-order valence-corrected chi connectivity index (χ2v) is 3.36. The Labute approximate surface area is 92.5 Å². The first kappa shape index (κ1) is 11.5. The summed E-state index contributed by atoms with van der Waals surface area (Å²) in [6, 6.07) is 5.22. The molecule has 0 unspecified atom stereocenters. The molecule has 1 N–H and O–H groups in total. The van der Waals surface area contributed by atoms with Gasteiger partial charge < -0.3 is 5.11 Å². The Hall–Kier alpha value is -1.58. The monoisotopic (exact) mass is 223 g/mol. The van der Waals surface area contributed by atoms with Crippen LogP contribution < -0.4 is 0 Å². The summed E-state index contributed by atoms with van der Waals surface area (Å²) in [5.74, 6) is -1.08. The molecule has 1 rings (SSSR count). The Morgan fingerprint density at radius 3 is 3.07 bits per heavy atom. The molecule has 0 amide bonds. The molecule has 0 fully saturated rings. The smallest absolute Gasteiger partial charge is 0.354 e. The third-order valence-electron chi connectivity index (χ3n) is 1.70. The number of hydrogen-bond donors (Lipinski definition) is 2. The standard InChI is InChI=1S/C9H9N3O2S/c10-3-5-12(15)6-7-2-1-4-11-8(7)9(13)14/h1-2,4,15H,5-6H2,(H,13,14). The fourth-order valence-corrected chi connectivity index (χ4v) is 1.31. The van der Waals surface area contributed by atoms with E-state index in [1.807, 2.05) is 6.07 Å². The summed E-state index contributed by atoms with van der Waals surface area (Å²) >= 11 is 4.03. The molecule has 1 heterocycles. The van der Waals surface area contributed by atoms with Crippen LogP contribution in [0.1, 0.15) is 16.1 Å². The van der Waals surface area contributed by atoms with Crippen LogP contribution in [0, 0.1) is 11.3 Å². The number of carbonyl (C=O) groups is 1. The minimum atomic E-state index is -1.08. The van der Waals surface area contributed by atoms with E-state index in [4.69, 9.17) is 10.4 Å². The molecule has 15 heavy (non-hydrogen) atoms. The predicted octanol–water partition coefficient (Wildman–Crippen LogP) is 0.950. The van der Waals surface area contributed by atoms with Crippen molar-refractivity contribution in [3.8, 4) is 6.07 Å². The van der Waals surface area contributed by atoms with E-state index in [0.717, 1.165) is 0 Å². The molecule has 1 aromatic heterocycles. The van der Waals surface area contributed by atoms with Crippen LogP contribution in [0.2, 0.25) is 0 Å². The molecule has 6 heteroatoms. The van der Waals surface area contributed by atoms with Crippen LogP contribution in [0.15, 0.2) is 18.3 Å². The van der Waals surface area contributed by atoms with Crippen molar-refractivity contribution >= 4 is 18.8 Å². The van der Waals surface area contributed by atoms with Crippen molar-refractivity contribution in [2.45, 2.75) is 6.54 Å². The van der Waals surface area contributed by atoms with E-state index in [-0.39, 0.29) is 18.8 Å². The number of carboxylic acids is 1. The third kappa shape index (κ3) is 3.23. The maximum Gasteiger partial charge on any atom is 0.354 e. The first-order chi connectivity index (χ1) is 7.15. The fourth-order valence-electron chi connectivity index (χ4n) is 1.09. The Morgan fingerprint density at radius 1 is 1.73 bits per heavy atom. The van der Waals surface area contributed by atoms with Crippen LogP contribution in [0.3, 0.4) is 0 Å². The van der Waals surface area contributed by atoms with Gasteiger partial charge in [-0.3, -0.25) is 0 Å². The van der Waals surface area contributed by atoms with Gasteiger partial charge in [0.15, 0.2) is 5.69 Å². The molecule has 0 saturated carbocycles. The first-order valence-electron chi connectivity index (χ1n) is 4.13. The maximum absolute atomic E-state index is 10.8. The first-order valence-corrected chi connectivity index (χ1v) is 4.53. The quantitative estimate of drug-likeness (QED) is 0.587. The van der Waals surface area contributed by atoms with Gasteiger partial charge in [-0.05, 0) is 6.07 Å². The lowest BCUT2D eigenvalue weighted by molar-refractivity contribution is 0.0688. The van der Waals surface area contributed by atoms with Gasteiger partial charge in [0.2, 0.25) is 0 Å². The highest BCUT2D eigenvalue weighted by atomic mass is 32.1. The van der Waals surface area contributed by atoms with Crippen LogP contribution in [-0.2, 0) is 6.54 Å². The second-order valence-electron chi connectivity index (χ2n) is 2.80. The van der Waals surface area contributed by atoms with Gasteiger partial charge in [0.1, 0.15) is 0 Å². The molecule has 5 nitrogen and oxygen atoms in total. The molecule has 78 valence electrons. The highest BCUT2D eigenvalue weighted by Crippen LogP contribution is 2.10. The van der Waals surface area contributed by atoms with Gasteiger partial charge in [-0.1, -0.05) is 18.9 Å². The summed E-state index contributed by atoms with van der Waals surface area (Å²) < 4.78 is 1.42. The van der Waals surface area contributed by atoms with E-state index in [1.165, 1.54) is 10.5 Å². The number of nitriles is 1. The average Bonchev–Trinajstić information content (AvgIpc) is 2.18. The largest absolute Gasteiger partial charge is 0.477 e. The van der Waals surface area contributed by atoms with Gasteiger partial charge in [0, 0.05) is 18.3 Å². The summed E-state index contributed by atoms with van der Waals surface area (Å²) in [7, 11) is 0. The van der Waals surface area contributed by atoms with Crippen molar-refractivity contribution in [2.75, 3.05) is 6.54 Å². The minimum absolute atomic E-state index is 0.00510. The number of rotatable bonds is 4. The summed E-state index contributed by atoms with van der Waals surface area (Å²) in [6.07, 6.45) is 1.42. The highest BCUT2D eigenvalue weighted by molar-refractivity contribution is 7.77. The van der Waals surface area contributed by atoms with Gasteiger partial charge in [0.05, 0.1) is 12.6 Å². The predicted molar refractivity (Wildman–Crippen MR) is 56.2 cm³/mol. The van der Waals surface area contributed by atoms with Crippen molar-refractivity contribution in [3.63, 3.8) is 0 Å². The molecule has 0 aromatic carbocycles. The molecule has 0 spiro atoms. The number of pyridine rings is 1. The Morgan fingerprint density at radius 2 is 2.47 bits per heavy atom. The van der Waals surface area contributed by atoms with E-state index in [0.29, 0.717) is 5.56 Å². The van der Waals surface area contributed by atoms with Gasteiger partial charge in [-0.2, -0.15) is 5.26 Å². The van der Waals surface area contributed by atoms with E-state index in [2.05, 4.69) is 17.8 Å². The lowest BCUT2D eigenvalue weighted by atomic mass is 10.2. The van der Waals surface area contributed by atoms with Crippen LogP contribution in [-0.4, -0.2) is 26.9 Å². The molecule has 0 aliphatic rings. The number of carboxylic acid groups (broad SMARTS) is 1. The van der Waals surface area contributed by atoms with Crippen LogP contribution >= 0.6 is 12.8 Å². The normalized spacial score (nSPS) is 9.93. The Kier molecular flexibility index (Phi) is 4.09. The van der Waals surface area contributed by atoms with Crippen molar-refractivity contribution in [1.82, 2.24) is 9.29 Å². The molecule has 0 saturated heterocycles. The van der Waals surface area contributed by atoms with Crippen molar-refractivity contribution in [1.29, 1.82) is 5.26 Å². The highest BCUT2D eigenvalue weighted by Gasteiger charge is 2.12. The van der Waals surface area contributed by atoms with Crippen LogP contribution in [0.5, 0.6) is 0 Å². The minimum Gasteiger partial charge on any atom is -0.477 e. The zero-order valence-corrected chi connectivity index (χ0v) is 8.69. The van der Waals surface area contributed by atoms with Crippen LogP contribution in [0.25, 0.3) is 0 Å². The number of hydrogen-bond acceptors (Lipinski definition) is 5. The topological polar surface area (TPSA) is 77.2 Å². The molecular formula is C9H9N3O2S. The average molecular weight is 223 g/mol. The second kappa shape index (κ2) is 5.34. The molecule has 0 bridgehead atoms. The summed E-state index contributed by atoms with van der Waals surface area (Å²) in [5, 5.41) is 17.3. The van der Waals surface area contributed by atoms with Gasteiger partial charge in [-0.25, -0.2) is 14.1 Å². The maximum atomic E-state index is 10.8. The Bertz CT molecular complexity index is 403. The zero-order valence-electron chi connectivity index (χ0n) is 7.79. The Balaban J connectivity index is 2.85. The lowest BCUT2D eigenvalue weighted by Gasteiger charge is -2.11. The lowest BCUT2D eigenvalue weighted by Crippen LogP contribution is -2.15. The number of aromatic nitrogens is 1. The molecule has 0 atom stereocenters. The van der Waals surface area contributed by atoms with Crippen molar-refractivity contribution in [2.24, 2.45) is 0 Å². The van der Waals surface area contributed by atoms with Gasteiger partial charge >= 0.3 is 5.97 Å². The van der Waals surface area contributed by atoms with Crippen LogP contribution in [0.4, 0.5) is 0 Å². The molecule has 0 aliphatic carbocycles. The van der Waals surface area contributed by atoms with Crippen molar-refractivity contribution in [3.05, 3.63) is 29.6 Å².